The lowest BCUT2D eigenvalue weighted by atomic mass is 10.1. The maximum absolute atomic E-state index is 10.9. The minimum absolute atomic E-state index is 0.316. The van der Waals surface area contributed by atoms with Gasteiger partial charge in [0.2, 0.25) is 0 Å². The minimum Gasteiger partial charge on any atom is -0.494 e. The van der Waals surface area contributed by atoms with Gasteiger partial charge in [-0.05, 0) is 37.5 Å². The lowest BCUT2D eigenvalue weighted by molar-refractivity contribution is -0.141. The topological polar surface area (TPSA) is 58.6 Å². The van der Waals surface area contributed by atoms with Gasteiger partial charge in [0.05, 0.1) is 12.5 Å². The van der Waals surface area contributed by atoms with Gasteiger partial charge in [0.1, 0.15) is 5.75 Å². The van der Waals surface area contributed by atoms with Crippen molar-refractivity contribution in [2.24, 2.45) is 5.92 Å². The number of ether oxygens (including phenoxy) is 1. The van der Waals surface area contributed by atoms with Crippen LogP contribution >= 0.6 is 0 Å². The van der Waals surface area contributed by atoms with E-state index in [1.807, 2.05) is 32.9 Å². The average Bonchev–Trinajstić information content (AvgIpc) is 2.37. The fraction of sp³-hybridized carbons (Fsp3) is 0.533. The Hall–Kier alpha value is -1.55. The zero-order valence-corrected chi connectivity index (χ0v) is 11.9. The van der Waals surface area contributed by atoms with Crippen LogP contribution in [-0.4, -0.2) is 24.2 Å². The zero-order chi connectivity index (χ0) is 14.3. The minimum atomic E-state index is -0.738. The van der Waals surface area contributed by atoms with Crippen LogP contribution in [-0.2, 0) is 11.3 Å². The standard InChI is InChI=1S/C15H23NO3/c1-4-13(15(17)18)10-16-9-12-6-7-14(19-5-2)11(3)8-12/h6-8,13,16H,4-5,9-10H2,1-3H3,(H,17,18). The second-order valence-corrected chi connectivity index (χ2v) is 4.61. The van der Waals surface area contributed by atoms with Gasteiger partial charge in [-0.2, -0.15) is 0 Å². The van der Waals surface area contributed by atoms with Gasteiger partial charge >= 0.3 is 5.97 Å². The van der Waals surface area contributed by atoms with E-state index < -0.39 is 5.97 Å². The summed E-state index contributed by atoms with van der Waals surface area (Å²) in [5, 5.41) is 12.1. The molecule has 0 spiro atoms. The number of hydrogen-bond donors (Lipinski definition) is 2. The highest BCUT2D eigenvalue weighted by molar-refractivity contribution is 5.70. The van der Waals surface area contributed by atoms with E-state index in [4.69, 9.17) is 9.84 Å². The highest BCUT2D eigenvalue weighted by Gasteiger charge is 2.13. The maximum Gasteiger partial charge on any atom is 0.307 e. The van der Waals surface area contributed by atoms with Crippen LogP contribution in [0.5, 0.6) is 5.75 Å². The van der Waals surface area contributed by atoms with Crippen LogP contribution in [0.2, 0.25) is 0 Å². The molecule has 1 rings (SSSR count). The summed E-state index contributed by atoms with van der Waals surface area (Å²) in [5.74, 6) is -0.148. The molecule has 4 nitrogen and oxygen atoms in total. The lowest BCUT2D eigenvalue weighted by Crippen LogP contribution is -2.27. The number of carboxylic acids is 1. The molecule has 19 heavy (non-hydrogen) atoms. The zero-order valence-electron chi connectivity index (χ0n) is 11.9. The summed E-state index contributed by atoms with van der Waals surface area (Å²) in [7, 11) is 0. The Morgan fingerprint density at radius 3 is 2.68 bits per heavy atom. The third-order valence-corrected chi connectivity index (χ3v) is 3.10. The average molecular weight is 265 g/mol. The molecule has 1 unspecified atom stereocenters. The first-order chi connectivity index (χ1) is 9.08. The molecule has 0 saturated heterocycles. The number of carbonyl (C=O) groups is 1. The van der Waals surface area contributed by atoms with E-state index >= 15 is 0 Å². The van der Waals surface area contributed by atoms with Crippen LogP contribution in [0.15, 0.2) is 18.2 Å². The van der Waals surface area contributed by atoms with Crippen molar-refractivity contribution in [2.75, 3.05) is 13.2 Å². The Kier molecular flexibility index (Phi) is 6.36. The van der Waals surface area contributed by atoms with Gasteiger partial charge in [0, 0.05) is 13.1 Å². The number of nitrogens with one attached hydrogen (secondary N) is 1. The van der Waals surface area contributed by atoms with Crippen molar-refractivity contribution in [3.63, 3.8) is 0 Å². The molecule has 0 aliphatic rings. The van der Waals surface area contributed by atoms with Gasteiger partial charge in [0.25, 0.3) is 0 Å². The molecule has 0 aliphatic carbocycles. The predicted octanol–water partition coefficient (Wildman–Crippen LogP) is 2.59. The Labute approximate surface area is 114 Å². The molecule has 2 N–H and O–H groups in total. The van der Waals surface area contributed by atoms with Crippen LogP contribution in [0, 0.1) is 12.8 Å². The molecular weight excluding hydrogens is 242 g/mol. The van der Waals surface area contributed by atoms with E-state index in [-0.39, 0.29) is 5.92 Å². The van der Waals surface area contributed by atoms with Gasteiger partial charge in [-0.15, -0.1) is 0 Å². The van der Waals surface area contributed by atoms with E-state index in [1.54, 1.807) is 0 Å². The SMILES string of the molecule is CCOc1ccc(CNCC(CC)C(=O)O)cc1C. The fourth-order valence-electron chi connectivity index (χ4n) is 1.94. The summed E-state index contributed by atoms with van der Waals surface area (Å²) in [5.41, 5.74) is 2.24. The Bertz CT molecular complexity index is 418. The van der Waals surface area contributed by atoms with E-state index in [2.05, 4.69) is 11.4 Å². The maximum atomic E-state index is 10.9. The molecule has 0 heterocycles. The second kappa shape index (κ2) is 7.79. The summed E-state index contributed by atoms with van der Waals surface area (Å²) >= 11 is 0. The Morgan fingerprint density at radius 2 is 2.16 bits per heavy atom. The van der Waals surface area contributed by atoms with Crippen molar-refractivity contribution in [3.8, 4) is 5.75 Å². The van der Waals surface area contributed by atoms with E-state index in [0.717, 1.165) is 16.9 Å². The first kappa shape index (κ1) is 15.5. The highest BCUT2D eigenvalue weighted by atomic mass is 16.5. The number of hydrogen-bond acceptors (Lipinski definition) is 3. The normalized spacial score (nSPS) is 12.2. The van der Waals surface area contributed by atoms with Gasteiger partial charge in [0.15, 0.2) is 0 Å². The second-order valence-electron chi connectivity index (χ2n) is 4.61. The van der Waals surface area contributed by atoms with Crippen LogP contribution in [0.1, 0.15) is 31.4 Å². The van der Waals surface area contributed by atoms with Gasteiger partial charge < -0.3 is 15.2 Å². The summed E-state index contributed by atoms with van der Waals surface area (Å²) in [6.07, 6.45) is 0.643. The summed E-state index contributed by atoms with van der Waals surface area (Å²) in [6, 6.07) is 6.04. The predicted molar refractivity (Wildman–Crippen MR) is 75.5 cm³/mol. The number of benzene rings is 1. The van der Waals surface area contributed by atoms with Crippen molar-refractivity contribution >= 4 is 5.97 Å². The molecule has 0 amide bonds. The van der Waals surface area contributed by atoms with Gasteiger partial charge in [-0.25, -0.2) is 0 Å². The van der Waals surface area contributed by atoms with Gasteiger partial charge in [-0.1, -0.05) is 19.1 Å². The summed E-state index contributed by atoms with van der Waals surface area (Å²) < 4.78 is 5.49. The monoisotopic (exact) mass is 265 g/mol. The van der Waals surface area contributed by atoms with Crippen LogP contribution < -0.4 is 10.1 Å². The molecule has 0 bridgehead atoms. The third kappa shape index (κ3) is 4.91. The first-order valence-electron chi connectivity index (χ1n) is 6.74. The summed E-state index contributed by atoms with van der Waals surface area (Å²) in [4.78, 5) is 10.9. The molecule has 4 heteroatoms. The molecule has 106 valence electrons. The molecule has 1 aromatic rings. The van der Waals surface area contributed by atoms with Crippen molar-refractivity contribution in [1.82, 2.24) is 5.32 Å². The van der Waals surface area contributed by atoms with Crippen molar-refractivity contribution in [1.29, 1.82) is 0 Å². The smallest absolute Gasteiger partial charge is 0.307 e. The van der Waals surface area contributed by atoms with Crippen molar-refractivity contribution < 1.29 is 14.6 Å². The molecule has 0 radical (unpaired) electrons. The van der Waals surface area contributed by atoms with Crippen LogP contribution in [0.3, 0.4) is 0 Å². The lowest BCUT2D eigenvalue weighted by Gasteiger charge is -2.12. The molecule has 0 aliphatic heterocycles. The molecule has 0 saturated carbocycles. The Balaban J connectivity index is 2.50. The quantitative estimate of drug-likeness (QED) is 0.758. The van der Waals surface area contributed by atoms with E-state index in [1.165, 1.54) is 0 Å². The number of aryl methyl sites for hydroxylation is 1. The molecule has 1 aromatic carbocycles. The molecular formula is C15H23NO3. The fourth-order valence-corrected chi connectivity index (χ4v) is 1.94. The van der Waals surface area contributed by atoms with Crippen molar-refractivity contribution in [2.45, 2.75) is 33.7 Å². The largest absolute Gasteiger partial charge is 0.494 e. The van der Waals surface area contributed by atoms with E-state index in [0.29, 0.717) is 26.1 Å². The van der Waals surface area contributed by atoms with Crippen LogP contribution in [0.4, 0.5) is 0 Å². The number of aliphatic carboxylic acids is 1. The third-order valence-electron chi connectivity index (χ3n) is 3.10. The molecule has 0 fully saturated rings. The first-order valence-corrected chi connectivity index (χ1v) is 6.74. The number of rotatable bonds is 8. The molecule has 0 aromatic heterocycles. The Morgan fingerprint density at radius 1 is 1.42 bits per heavy atom. The van der Waals surface area contributed by atoms with Gasteiger partial charge in [-0.3, -0.25) is 4.79 Å². The van der Waals surface area contributed by atoms with Crippen molar-refractivity contribution in [3.05, 3.63) is 29.3 Å². The summed E-state index contributed by atoms with van der Waals surface area (Å²) in [6.45, 7) is 7.71. The van der Waals surface area contributed by atoms with E-state index in [9.17, 15) is 4.79 Å². The number of carboxylic acid groups (broad SMARTS) is 1. The highest BCUT2D eigenvalue weighted by Crippen LogP contribution is 2.19. The van der Waals surface area contributed by atoms with Crippen LogP contribution in [0.25, 0.3) is 0 Å². The molecule has 1 atom stereocenters.